The first kappa shape index (κ1) is 17.5. The van der Waals surface area contributed by atoms with Gasteiger partial charge in [-0.25, -0.2) is 9.18 Å². The van der Waals surface area contributed by atoms with Gasteiger partial charge in [-0.1, -0.05) is 13.0 Å². The van der Waals surface area contributed by atoms with E-state index in [1.807, 2.05) is 0 Å². The lowest BCUT2D eigenvalue weighted by molar-refractivity contribution is -0.122. The Labute approximate surface area is 139 Å². The quantitative estimate of drug-likeness (QED) is 0.824. The number of rotatable bonds is 6. The van der Waals surface area contributed by atoms with Crippen LogP contribution in [0.5, 0.6) is 5.75 Å². The molecule has 0 bridgehead atoms. The van der Waals surface area contributed by atoms with Crippen LogP contribution in [0.1, 0.15) is 23.7 Å². The summed E-state index contributed by atoms with van der Waals surface area (Å²) in [7, 11) is 1.29. The van der Waals surface area contributed by atoms with Crippen molar-refractivity contribution >= 4 is 17.6 Å². The predicted molar refractivity (Wildman–Crippen MR) is 87.5 cm³/mol. The van der Waals surface area contributed by atoms with Gasteiger partial charge in [-0.3, -0.25) is 4.79 Å². The van der Waals surface area contributed by atoms with Crippen molar-refractivity contribution in [3.8, 4) is 5.75 Å². The number of hydrogen-bond acceptors (Lipinski definition) is 4. The molecule has 1 atom stereocenters. The van der Waals surface area contributed by atoms with Gasteiger partial charge in [0.25, 0.3) is 5.91 Å². The van der Waals surface area contributed by atoms with Crippen molar-refractivity contribution in [3.63, 3.8) is 0 Å². The minimum atomic E-state index is -0.739. The molecule has 0 unspecified atom stereocenters. The molecular formula is C18H18FNO4. The minimum absolute atomic E-state index is 0.336. The molecule has 0 aromatic heterocycles. The molecule has 2 aromatic rings. The number of carbonyl (C=O) groups is 2. The third kappa shape index (κ3) is 4.55. The summed E-state index contributed by atoms with van der Waals surface area (Å²) in [6.07, 6.45) is -0.308. The summed E-state index contributed by atoms with van der Waals surface area (Å²) in [5.74, 6) is -0.814. The van der Waals surface area contributed by atoms with Gasteiger partial charge in [0, 0.05) is 5.69 Å². The Hall–Kier alpha value is -2.89. The fraction of sp³-hybridized carbons (Fsp3) is 0.222. The Morgan fingerprint density at radius 2 is 1.88 bits per heavy atom. The third-order valence-electron chi connectivity index (χ3n) is 3.31. The summed E-state index contributed by atoms with van der Waals surface area (Å²) >= 11 is 0. The van der Waals surface area contributed by atoms with E-state index in [1.54, 1.807) is 25.1 Å². The van der Waals surface area contributed by atoms with Gasteiger partial charge >= 0.3 is 5.97 Å². The lowest BCUT2D eigenvalue weighted by atomic mass is 10.2. The fourth-order valence-corrected chi connectivity index (χ4v) is 2.06. The second kappa shape index (κ2) is 8.10. The maximum atomic E-state index is 12.9. The van der Waals surface area contributed by atoms with Crippen molar-refractivity contribution in [1.82, 2.24) is 0 Å². The van der Waals surface area contributed by atoms with Crippen molar-refractivity contribution in [3.05, 3.63) is 59.9 Å². The summed E-state index contributed by atoms with van der Waals surface area (Å²) < 4.78 is 23.1. The fourth-order valence-electron chi connectivity index (χ4n) is 2.06. The van der Waals surface area contributed by atoms with E-state index in [-0.39, 0.29) is 11.7 Å². The highest BCUT2D eigenvalue weighted by Gasteiger charge is 2.19. The molecule has 0 saturated heterocycles. The predicted octanol–water partition coefficient (Wildman–Crippen LogP) is 3.41. The SMILES string of the molecule is CC[C@@H](Oc1ccc(F)cc1)C(=O)Nc1cccc(C(=O)OC)c1. The molecule has 126 valence electrons. The van der Waals surface area contributed by atoms with E-state index in [2.05, 4.69) is 10.1 Å². The Morgan fingerprint density at radius 3 is 2.50 bits per heavy atom. The van der Waals surface area contributed by atoms with Crippen LogP contribution in [0.2, 0.25) is 0 Å². The van der Waals surface area contributed by atoms with Crippen LogP contribution in [0.3, 0.4) is 0 Å². The molecule has 24 heavy (non-hydrogen) atoms. The molecule has 0 saturated carbocycles. The molecule has 0 heterocycles. The summed E-state index contributed by atoms with van der Waals surface area (Å²) in [6, 6.07) is 11.9. The summed E-state index contributed by atoms with van der Waals surface area (Å²) in [4.78, 5) is 23.9. The smallest absolute Gasteiger partial charge is 0.337 e. The molecular weight excluding hydrogens is 313 g/mol. The van der Waals surface area contributed by atoms with Crippen molar-refractivity contribution < 1.29 is 23.5 Å². The largest absolute Gasteiger partial charge is 0.481 e. The zero-order chi connectivity index (χ0) is 17.5. The zero-order valence-corrected chi connectivity index (χ0v) is 13.4. The number of carbonyl (C=O) groups excluding carboxylic acids is 2. The van der Waals surface area contributed by atoms with Crippen molar-refractivity contribution in [1.29, 1.82) is 0 Å². The number of hydrogen-bond donors (Lipinski definition) is 1. The van der Waals surface area contributed by atoms with Crippen LogP contribution in [0, 0.1) is 5.82 Å². The van der Waals surface area contributed by atoms with E-state index in [0.717, 1.165) is 0 Å². The van der Waals surface area contributed by atoms with Crippen LogP contribution in [0.4, 0.5) is 10.1 Å². The van der Waals surface area contributed by atoms with Crippen LogP contribution in [0.15, 0.2) is 48.5 Å². The molecule has 0 aliphatic heterocycles. The van der Waals surface area contributed by atoms with E-state index in [1.165, 1.54) is 37.4 Å². The van der Waals surface area contributed by atoms with Gasteiger partial charge < -0.3 is 14.8 Å². The number of amides is 1. The number of ether oxygens (including phenoxy) is 2. The Morgan fingerprint density at radius 1 is 1.17 bits per heavy atom. The second-order valence-electron chi connectivity index (χ2n) is 5.03. The minimum Gasteiger partial charge on any atom is -0.481 e. The molecule has 2 aromatic carbocycles. The highest BCUT2D eigenvalue weighted by atomic mass is 19.1. The molecule has 0 aliphatic carbocycles. The Balaban J connectivity index is 2.06. The first-order valence-corrected chi connectivity index (χ1v) is 7.45. The molecule has 0 fully saturated rings. The molecule has 0 aliphatic rings. The number of methoxy groups -OCH3 is 1. The van der Waals surface area contributed by atoms with E-state index < -0.39 is 12.1 Å². The van der Waals surface area contributed by atoms with Crippen LogP contribution in [-0.4, -0.2) is 25.1 Å². The van der Waals surface area contributed by atoms with Gasteiger partial charge in [0.2, 0.25) is 0 Å². The average molecular weight is 331 g/mol. The van der Waals surface area contributed by atoms with Gasteiger partial charge in [-0.2, -0.15) is 0 Å². The number of nitrogens with one attached hydrogen (secondary N) is 1. The highest BCUT2D eigenvalue weighted by Crippen LogP contribution is 2.17. The lowest BCUT2D eigenvalue weighted by Gasteiger charge is -2.17. The summed E-state index contributed by atoms with van der Waals surface area (Å²) in [6.45, 7) is 1.80. The Bertz CT molecular complexity index is 715. The molecule has 6 heteroatoms. The van der Waals surface area contributed by atoms with Crippen molar-refractivity contribution in [2.45, 2.75) is 19.4 Å². The molecule has 1 N–H and O–H groups in total. The van der Waals surface area contributed by atoms with Gasteiger partial charge in [0.15, 0.2) is 6.10 Å². The van der Waals surface area contributed by atoms with E-state index in [9.17, 15) is 14.0 Å². The Kier molecular flexibility index (Phi) is 5.89. The number of benzene rings is 2. The topological polar surface area (TPSA) is 64.6 Å². The molecule has 2 rings (SSSR count). The number of anilines is 1. The van der Waals surface area contributed by atoms with Gasteiger partial charge in [-0.05, 0) is 48.9 Å². The second-order valence-corrected chi connectivity index (χ2v) is 5.03. The number of halogens is 1. The molecule has 5 nitrogen and oxygen atoms in total. The molecule has 0 radical (unpaired) electrons. The maximum absolute atomic E-state index is 12.9. The zero-order valence-electron chi connectivity index (χ0n) is 13.4. The van der Waals surface area contributed by atoms with E-state index in [0.29, 0.717) is 23.4 Å². The molecule has 0 spiro atoms. The monoisotopic (exact) mass is 331 g/mol. The van der Waals surface area contributed by atoms with Gasteiger partial charge in [-0.15, -0.1) is 0 Å². The normalized spacial score (nSPS) is 11.5. The summed E-state index contributed by atoms with van der Waals surface area (Å²) in [5, 5.41) is 2.70. The lowest BCUT2D eigenvalue weighted by Crippen LogP contribution is -2.32. The van der Waals surface area contributed by atoms with Crippen LogP contribution in [-0.2, 0) is 9.53 Å². The summed E-state index contributed by atoms with van der Waals surface area (Å²) in [5.41, 5.74) is 0.798. The molecule has 1 amide bonds. The van der Waals surface area contributed by atoms with Gasteiger partial charge in [0.1, 0.15) is 11.6 Å². The van der Waals surface area contributed by atoms with Crippen molar-refractivity contribution in [2.75, 3.05) is 12.4 Å². The third-order valence-corrected chi connectivity index (χ3v) is 3.31. The van der Waals surface area contributed by atoms with Gasteiger partial charge in [0.05, 0.1) is 12.7 Å². The van der Waals surface area contributed by atoms with Crippen LogP contribution in [0.25, 0.3) is 0 Å². The van der Waals surface area contributed by atoms with Crippen molar-refractivity contribution in [2.24, 2.45) is 0 Å². The van der Waals surface area contributed by atoms with Crippen LogP contribution < -0.4 is 10.1 Å². The van der Waals surface area contributed by atoms with Crippen LogP contribution >= 0.6 is 0 Å². The first-order chi connectivity index (χ1) is 11.5. The standard InChI is InChI=1S/C18H18FNO4/c1-3-16(24-15-9-7-13(19)8-10-15)17(21)20-14-6-4-5-12(11-14)18(22)23-2/h4-11,16H,3H2,1-2H3,(H,20,21)/t16-/m1/s1. The average Bonchev–Trinajstić information content (AvgIpc) is 2.60. The number of esters is 1. The first-order valence-electron chi connectivity index (χ1n) is 7.45. The van der Waals surface area contributed by atoms with E-state index in [4.69, 9.17) is 4.74 Å². The van der Waals surface area contributed by atoms with E-state index >= 15 is 0 Å². The highest BCUT2D eigenvalue weighted by molar-refractivity contribution is 5.96. The maximum Gasteiger partial charge on any atom is 0.337 e.